The molecule has 0 aliphatic carbocycles. The van der Waals surface area contributed by atoms with E-state index in [1.54, 1.807) is 0 Å². The molecule has 2 nitrogen and oxygen atoms in total. The summed E-state index contributed by atoms with van der Waals surface area (Å²) in [4.78, 5) is 11.2. The van der Waals surface area contributed by atoms with E-state index in [1.807, 2.05) is 61.5 Å². The van der Waals surface area contributed by atoms with Crippen molar-refractivity contribution in [3.63, 3.8) is 0 Å². The number of benzene rings is 2. The molecule has 0 spiro atoms. The number of halogens is 1. The van der Waals surface area contributed by atoms with Crippen molar-refractivity contribution >= 4 is 39.7 Å². The van der Waals surface area contributed by atoms with E-state index < -0.39 is 0 Å². The van der Waals surface area contributed by atoms with E-state index in [1.165, 1.54) is 6.92 Å². The molecule has 0 atom stereocenters. The summed E-state index contributed by atoms with van der Waals surface area (Å²) in [6, 6.07) is 14.1. The summed E-state index contributed by atoms with van der Waals surface area (Å²) in [6.07, 6.45) is 4.04. The van der Waals surface area contributed by atoms with Gasteiger partial charge >= 0.3 is 0 Å². The van der Waals surface area contributed by atoms with E-state index in [9.17, 15) is 4.79 Å². The Balaban J connectivity index is 2.28. The Morgan fingerprint density at radius 1 is 1.10 bits per heavy atom. The van der Waals surface area contributed by atoms with Crippen LogP contribution in [0, 0.1) is 6.92 Å². The minimum absolute atomic E-state index is 0.0612. The Labute approximate surface area is 127 Å². The van der Waals surface area contributed by atoms with Gasteiger partial charge in [-0.2, -0.15) is 0 Å². The molecule has 3 heteroatoms. The Kier molecular flexibility index (Phi) is 4.74. The van der Waals surface area contributed by atoms with Gasteiger partial charge in [-0.25, -0.2) is 0 Å². The molecular formula is C17H16BrNO. The summed E-state index contributed by atoms with van der Waals surface area (Å²) in [5, 5.41) is 2.86. The van der Waals surface area contributed by atoms with Gasteiger partial charge in [-0.1, -0.05) is 52.3 Å². The van der Waals surface area contributed by atoms with Crippen LogP contribution in [-0.4, -0.2) is 5.91 Å². The molecule has 20 heavy (non-hydrogen) atoms. The lowest BCUT2D eigenvalue weighted by atomic mass is 10.1. The quantitative estimate of drug-likeness (QED) is 0.798. The minimum Gasteiger partial charge on any atom is -0.326 e. The summed E-state index contributed by atoms with van der Waals surface area (Å²) in [5.41, 5.74) is 4.07. The first-order chi connectivity index (χ1) is 9.54. The molecule has 1 amide bonds. The number of nitrogens with one attached hydrogen (secondary N) is 1. The first-order valence-corrected chi connectivity index (χ1v) is 7.16. The van der Waals surface area contributed by atoms with E-state index in [4.69, 9.17) is 0 Å². The van der Waals surface area contributed by atoms with Gasteiger partial charge in [0, 0.05) is 17.1 Å². The maximum absolute atomic E-state index is 11.2. The molecule has 0 aliphatic rings. The summed E-state index contributed by atoms with van der Waals surface area (Å²) >= 11 is 3.42. The molecule has 0 bridgehead atoms. The smallest absolute Gasteiger partial charge is 0.221 e. The third-order valence-corrected chi connectivity index (χ3v) is 3.37. The van der Waals surface area contributed by atoms with Crippen molar-refractivity contribution in [2.24, 2.45) is 0 Å². The molecule has 1 N–H and O–H groups in total. The Bertz CT molecular complexity index is 645. The van der Waals surface area contributed by atoms with Gasteiger partial charge in [0.25, 0.3) is 0 Å². The van der Waals surface area contributed by atoms with Gasteiger partial charge < -0.3 is 5.32 Å². The Morgan fingerprint density at radius 2 is 1.80 bits per heavy atom. The van der Waals surface area contributed by atoms with E-state index in [0.717, 1.165) is 26.9 Å². The average Bonchev–Trinajstić information content (AvgIpc) is 2.39. The van der Waals surface area contributed by atoms with Crippen molar-refractivity contribution in [3.05, 3.63) is 63.6 Å². The fraction of sp³-hybridized carbons (Fsp3) is 0.118. The van der Waals surface area contributed by atoms with Crippen LogP contribution in [0.4, 0.5) is 5.69 Å². The van der Waals surface area contributed by atoms with Gasteiger partial charge in [-0.05, 0) is 41.8 Å². The third-order valence-electron chi connectivity index (χ3n) is 2.84. The second-order valence-electron chi connectivity index (χ2n) is 4.66. The summed E-state index contributed by atoms with van der Waals surface area (Å²) < 4.78 is 1.06. The standard InChI is InChI=1S/C17H16BrNO/c1-12-3-7-15(17(11-12)19-13(2)20)8-4-14-5-9-16(18)10-6-14/h3-11H,1-2H3,(H,19,20)/b8-4+. The van der Waals surface area contributed by atoms with E-state index in [2.05, 4.69) is 21.2 Å². The molecule has 0 fully saturated rings. The van der Waals surface area contributed by atoms with Gasteiger partial charge in [-0.3, -0.25) is 4.79 Å². The lowest BCUT2D eigenvalue weighted by Gasteiger charge is -2.08. The lowest BCUT2D eigenvalue weighted by Crippen LogP contribution is -2.07. The largest absolute Gasteiger partial charge is 0.326 e. The molecule has 0 saturated carbocycles. The van der Waals surface area contributed by atoms with Crippen LogP contribution in [-0.2, 0) is 4.79 Å². The number of carbonyl (C=O) groups excluding carboxylic acids is 1. The van der Waals surface area contributed by atoms with Crippen LogP contribution < -0.4 is 5.32 Å². The van der Waals surface area contributed by atoms with Crippen LogP contribution >= 0.6 is 15.9 Å². The number of aryl methyl sites for hydroxylation is 1. The summed E-state index contributed by atoms with van der Waals surface area (Å²) in [5.74, 6) is -0.0612. The average molecular weight is 330 g/mol. The van der Waals surface area contributed by atoms with Crippen LogP contribution in [0.25, 0.3) is 12.2 Å². The number of rotatable bonds is 3. The van der Waals surface area contributed by atoms with Gasteiger partial charge in [0.15, 0.2) is 0 Å². The van der Waals surface area contributed by atoms with Crippen LogP contribution in [0.15, 0.2) is 46.9 Å². The van der Waals surface area contributed by atoms with Crippen molar-refractivity contribution < 1.29 is 4.79 Å². The van der Waals surface area contributed by atoms with Gasteiger partial charge in [0.05, 0.1) is 0 Å². The molecule has 2 aromatic rings. The fourth-order valence-electron chi connectivity index (χ4n) is 1.87. The van der Waals surface area contributed by atoms with Crippen molar-refractivity contribution in [1.29, 1.82) is 0 Å². The minimum atomic E-state index is -0.0612. The van der Waals surface area contributed by atoms with Gasteiger partial charge in [0.2, 0.25) is 5.91 Å². The Morgan fingerprint density at radius 3 is 2.45 bits per heavy atom. The van der Waals surface area contributed by atoms with Crippen molar-refractivity contribution in [1.82, 2.24) is 0 Å². The highest BCUT2D eigenvalue weighted by Gasteiger charge is 2.01. The van der Waals surface area contributed by atoms with Gasteiger partial charge in [-0.15, -0.1) is 0 Å². The molecule has 0 saturated heterocycles. The fourth-order valence-corrected chi connectivity index (χ4v) is 2.14. The van der Waals surface area contributed by atoms with E-state index in [0.29, 0.717) is 0 Å². The number of carbonyl (C=O) groups is 1. The molecule has 0 unspecified atom stereocenters. The second kappa shape index (κ2) is 6.53. The molecule has 0 heterocycles. The lowest BCUT2D eigenvalue weighted by molar-refractivity contribution is -0.114. The maximum Gasteiger partial charge on any atom is 0.221 e. The number of hydrogen-bond donors (Lipinski definition) is 1. The molecule has 0 aliphatic heterocycles. The molecule has 2 aromatic carbocycles. The van der Waals surface area contributed by atoms with Gasteiger partial charge in [0.1, 0.15) is 0 Å². The van der Waals surface area contributed by atoms with Crippen molar-refractivity contribution in [3.8, 4) is 0 Å². The van der Waals surface area contributed by atoms with E-state index >= 15 is 0 Å². The number of amides is 1. The van der Waals surface area contributed by atoms with Crippen LogP contribution in [0.1, 0.15) is 23.6 Å². The Hall–Kier alpha value is -1.87. The second-order valence-corrected chi connectivity index (χ2v) is 5.57. The monoisotopic (exact) mass is 329 g/mol. The molecular weight excluding hydrogens is 314 g/mol. The van der Waals surface area contributed by atoms with Crippen LogP contribution in [0.5, 0.6) is 0 Å². The number of hydrogen-bond acceptors (Lipinski definition) is 1. The molecule has 2 rings (SSSR count). The predicted molar refractivity (Wildman–Crippen MR) is 88.6 cm³/mol. The molecule has 102 valence electrons. The summed E-state index contributed by atoms with van der Waals surface area (Å²) in [6.45, 7) is 3.53. The highest BCUT2D eigenvalue weighted by atomic mass is 79.9. The van der Waals surface area contributed by atoms with Crippen LogP contribution in [0.3, 0.4) is 0 Å². The topological polar surface area (TPSA) is 29.1 Å². The van der Waals surface area contributed by atoms with Crippen LogP contribution in [0.2, 0.25) is 0 Å². The zero-order chi connectivity index (χ0) is 14.5. The molecule has 0 aromatic heterocycles. The first-order valence-electron chi connectivity index (χ1n) is 6.36. The van der Waals surface area contributed by atoms with Crippen molar-refractivity contribution in [2.45, 2.75) is 13.8 Å². The van der Waals surface area contributed by atoms with E-state index in [-0.39, 0.29) is 5.91 Å². The predicted octanol–water partition coefficient (Wildman–Crippen LogP) is 4.89. The number of anilines is 1. The first kappa shape index (κ1) is 14.5. The SMILES string of the molecule is CC(=O)Nc1cc(C)ccc1/C=C/c1ccc(Br)cc1. The molecule has 0 radical (unpaired) electrons. The highest BCUT2D eigenvalue weighted by Crippen LogP contribution is 2.21. The zero-order valence-electron chi connectivity index (χ0n) is 11.5. The third kappa shape index (κ3) is 4.07. The zero-order valence-corrected chi connectivity index (χ0v) is 13.1. The maximum atomic E-state index is 11.2. The highest BCUT2D eigenvalue weighted by molar-refractivity contribution is 9.10. The summed E-state index contributed by atoms with van der Waals surface area (Å²) in [7, 11) is 0. The van der Waals surface area contributed by atoms with Crippen molar-refractivity contribution in [2.75, 3.05) is 5.32 Å². The normalized spacial score (nSPS) is 10.8.